The van der Waals surface area contributed by atoms with Gasteiger partial charge in [0, 0.05) is 12.0 Å². The lowest BCUT2D eigenvalue weighted by molar-refractivity contribution is -0.0698. The highest BCUT2D eigenvalue weighted by atomic mass is 32.2. The Balaban J connectivity index is 2.32. The fourth-order valence-corrected chi connectivity index (χ4v) is 4.76. The molecule has 0 radical (unpaired) electrons. The molecule has 0 saturated carbocycles. The van der Waals surface area contributed by atoms with Crippen LogP contribution in [0.4, 0.5) is 0 Å². The van der Waals surface area contributed by atoms with E-state index in [1.54, 1.807) is 0 Å². The number of aliphatic hydroxyl groups is 2. The number of esters is 2. The molecule has 166 valence electrons. The smallest absolute Gasteiger partial charge is 0.341 e. The van der Waals surface area contributed by atoms with Gasteiger partial charge in [0.05, 0.1) is 23.8 Å². The molecular formula is C20H26O9S. The molecule has 0 amide bonds. The second kappa shape index (κ2) is 9.42. The summed E-state index contributed by atoms with van der Waals surface area (Å²) in [4.78, 5) is 25.0. The second-order valence-electron chi connectivity index (χ2n) is 7.62. The Bertz CT molecular complexity index is 923. The number of hydrogen-bond donors (Lipinski definition) is 3. The highest BCUT2D eigenvalue weighted by Gasteiger charge is 2.35. The van der Waals surface area contributed by atoms with Gasteiger partial charge in [-0.2, -0.15) is 8.42 Å². The minimum Gasteiger partial charge on any atom is -0.462 e. The number of ether oxygens (including phenoxy) is 2. The van der Waals surface area contributed by atoms with E-state index in [9.17, 15) is 32.8 Å². The average molecular weight is 442 g/mol. The maximum atomic E-state index is 13.0. The topological polar surface area (TPSA) is 147 Å². The molecule has 1 heterocycles. The van der Waals surface area contributed by atoms with Gasteiger partial charge in [0.15, 0.2) is 0 Å². The van der Waals surface area contributed by atoms with Crippen molar-refractivity contribution in [2.24, 2.45) is 0 Å². The van der Waals surface area contributed by atoms with Crippen LogP contribution in [0.5, 0.6) is 0 Å². The predicted octanol–water partition coefficient (Wildman–Crippen LogP) is 2.29. The molecule has 30 heavy (non-hydrogen) atoms. The molecule has 0 fully saturated rings. The van der Waals surface area contributed by atoms with Crippen molar-refractivity contribution < 1.29 is 42.2 Å². The van der Waals surface area contributed by atoms with E-state index in [2.05, 4.69) is 0 Å². The minimum absolute atomic E-state index is 0.0874. The molecule has 1 aliphatic heterocycles. The van der Waals surface area contributed by atoms with E-state index in [1.807, 2.05) is 0 Å². The second-order valence-corrected chi connectivity index (χ2v) is 9.01. The van der Waals surface area contributed by atoms with E-state index in [-0.39, 0.29) is 48.1 Å². The van der Waals surface area contributed by atoms with Gasteiger partial charge in [-0.25, -0.2) is 9.59 Å². The summed E-state index contributed by atoms with van der Waals surface area (Å²) in [5, 5.41) is 20.8. The minimum atomic E-state index is -4.89. The molecule has 0 aromatic heterocycles. The van der Waals surface area contributed by atoms with Gasteiger partial charge in [0.1, 0.15) is 4.90 Å². The summed E-state index contributed by atoms with van der Waals surface area (Å²) in [6, 6.07) is 0.962. The van der Waals surface area contributed by atoms with Crippen molar-refractivity contribution in [1.82, 2.24) is 0 Å². The third-order valence-electron chi connectivity index (χ3n) is 5.45. The summed E-state index contributed by atoms with van der Waals surface area (Å²) in [5.74, 6) is -1.86. The molecule has 4 bridgehead atoms. The van der Waals surface area contributed by atoms with Crippen LogP contribution in [-0.4, -0.2) is 48.0 Å². The van der Waals surface area contributed by atoms with E-state index in [1.165, 1.54) is 0 Å². The number of hydrogen-bond acceptors (Lipinski definition) is 8. The van der Waals surface area contributed by atoms with E-state index in [4.69, 9.17) is 9.47 Å². The van der Waals surface area contributed by atoms with Gasteiger partial charge in [0.2, 0.25) is 6.29 Å². The Kier molecular flexibility index (Phi) is 7.12. The van der Waals surface area contributed by atoms with Crippen LogP contribution in [0.1, 0.15) is 89.3 Å². The van der Waals surface area contributed by atoms with Gasteiger partial charge in [-0.05, 0) is 50.2 Å². The highest BCUT2D eigenvalue weighted by molar-refractivity contribution is 7.85. The summed E-state index contributed by atoms with van der Waals surface area (Å²) >= 11 is 0. The molecule has 1 aliphatic carbocycles. The van der Waals surface area contributed by atoms with Gasteiger partial charge in [-0.1, -0.05) is 12.8 Å². The lowest BCUT2D eigenvalue weighted by atomic mass is 9.90. The number of carbonyl (C=O) groups is 2. The fourth-order valence-electron chi connectivity index (χ4n) is 3.98. The average Bonchev–Trinajstić information content (AvgIpc) is 2.72. The first-order valence-corrected chi connectivity index (χ1v) is 11.6. The first-order chi connectivity index (χ1) is 14.2. The SMILES string of the molecule is O=C1OCCCCCC(O)OC(=O)c2c3c1cc(S(=O)(=O)O)c2C(O)CCCCC3. The summed E-state index contributed by atoms with van der Waals surface area (Å²) in [7, 11) is -4.89. The third-order valence-corrected chi connectivity index (χ3v) is 6.34. The van der Waals surface area contributed by atoms with Crippen LogP contribution in [0.15, 0.2) is 11.0 Å². The third kappa shape index (κ3) is 5.00. The van der Waals surface area contributed by atoms with Crippen LogP contribution in [0.3, 0.4) is 0 Å². The van der Waals surface area contributed by atoms with Crippen molar-refractivity contribution in [1.29, 1.82) is 0 Å². The van der Waals surface area contributed by atoms with Gasteiger partial charge < -0.3 is 19.7 Å². The lowest BCUT2D eigenvalue weighted by Gasteiger charge is -2.22. The maximum absolute atomic E-state index is 13.0. The monoisotopic (exact) mass is 442 g/mol. The summed E-state index contributed by atoms with van der Waals surface area (Å²) in [6.45, 7) is 0.0874. The Morgan fingerprint density at radius 2 is 1.63 bits per heavy atom. The molecule has 1 aromatic rings. The Hall–Kier alpha value is -2.01. The molecule has 9 nitrogen and oxygen atoms in total. The molecule has 2 atom stereocenters. The van der Waals surface area contributed by atoms with E-state index in [0.29, 0.717) is 38.5 Å². The van der Waals surface area contributed by atoms with Gasteiger partial charge >= 0.3 is 11.9 Å². The maximum Gasteiger partial charge on any atom is 0.341 e. The number of rotatable bonds is 1. The standard InChI is InChI=1S/C20H26O9S/c21-14-8-4-1-3-7-12-13-11-15(30(25,26)27)18(14)17(12)20(24)29-16(22)9-5-2-6-10-28-19(13)23/h11,14,16,21-22H,1-10H2,(H,25,26,27). The summed E-state index contributed by atoms with van der Waals surface area (Å²) in [5.41, 5.74) is -0.580. The van der Waals surface area contributed by atoms with Gasteiger partial charge in [0.25, 0.3) is 10.1 Å². The van der Waals surface area contributed by atoms with Crippen molar-refractivity contribution in [2.75, 3.05) is 6.61 Å². The highest BCUT2D eigenvalue weighted by Crippen LogP contribution is 2.37. The Morgan fingerprint density at radius 3 is 2.37 bits per heavy atom. The predicted molar refractivity (Wildman–Crippen MR) is 104 cm³/mol. The molecule has 0 spiro atoms. The van der Waals surface area contributed by atoms with Crippen molar-refractivity contribution >= 4 is 22.1 Å². The van der Waals surface area contributed by atoms with Crippen molar-refractivity contribution in [3.05, 3.63) is 28.3 Å². The molecule has 1 aromatic carbocycles. The number of benzene rings is 1. The largest absolute Gasteiger partial charge is 0.462 e. The van der Waals surface area contributed by atoms with Crippen molar-refractivity contribution in [3.63, 3.8) is 0 Å². The Labute approximate surface area is 174 Å². The van der Waals surface area contributed by atoms with Crippen molar-refractivity contribution in [2.45, 2.75) is 75.1 Å². The van der Waals surface area contributed by atoms with Crippen LogP contribution in [0, 0.1) is 0 Å². The molecule has 0 saturated heterocycles. The Morgan fingerprint density at radius 1 is 0.933 bits per heavy atom. The molecule has 3 N–H and O–H groups in total. The van der Waals surface area contributed by atoms with Crippen LogP contribution >= 0.6 is 0 Å². The number of carbonyl (C=O) groups excluding carboxylic acids is 2. The zero-order valence-corrected chi connectivity index (χ0v) is 17.3. The van der Waals surface area contributed by atoms with E-state index in [0.717, 1.165) is 6.07 Å². The van der Waals surface area contributed by atoms with Crippen LogP contribution in [-0.2, 0) is 26.0 Å². The summed E-state index contributed by atoms with van der Waals surface area (Å²) in [6.07, 6.45) is 1.29. The van der Waals surface area contributed by atoms with Gasteiger partial charge in [-0.15, -0.1) is 0 Å². The van der Waals surface area contributed by atoms with Crippen LogP contribution in [0.25, 0.3) is 0 Å². The number of cyclic esters (lactones) is 2. The molecular weight excluding hydrogens is 416 g/mol. The first-order valence-electron chi connectivity index (χ1n) is 10.1. The fraction of sp³-hybridized carbons (Fsp3) is 0.600. The molecule has 2 aliphatic rings. The van der Waals surface area contributed by atoms with E-state index < -0.39 is 39.3 Å². The first kappa shape index (κ1) is 22.7. The zero-order valence-electron chi connectivity index (χ0n) is 16.5. The normalized spacial score (nSPS) is 24.1. The lowest BCUT2D eigenvalue weighted by Crippen LogP contribution is -2.24. The zero-order chi connectivity index (χ0) is 21.9. The molecule has 3 rings (SSSR count). The van der Waals surface area contributed by atoms with Gasteiger partial charge in [-0.3, -0.25) is 4.55 Å². The van der Waals surface area contributed by atoms with E-state index >= 15 is 0 Å². The van der Waals surface area contributed by atoms with Crippen molar-refractivity contribution in [3.8, 4) is 0 Å². The summed E-state index contributed by atoms with van der Waals surface area (Å²) < 4.78 is 44.4. The molecule has 2 unspecified atom stereocenters. The van der Waals surface area contributed by atoms with Crippen LogP contribution in [0.2, 0.25) is 0 Å². The quantitative estimate of drug-likeness (QED) is 0.440. The van der Waals surface area contributed by atoms with Crippen LogP contribution < -0.4 is 0 Å². The molecule has 10 heteroatoms. The number of aliphatic hydroxyl groups excluding tert-OH is 2.